The van der Waals surface area contributed by atoms with Crippen LogP contribution in [0.1, 0.15) is 0 Å². The van der Waals surface area contributed by atoms with Crippen molar-refractivity contribution < 1.29 is 17.7 Å². The van der Waals surface area contributed by atoms with Crippen LogP contribution in [-0.4, -0.2) is 24.1 Å². The molecular weight excluding hydrogens is 1210 g/mol. The summed E-state index contributed by atoms with van der Waals surface area (Å²) in [4.78, 5) is 21.8. The van der Waals surface area contributed by atoms with Crippen molar-refractivity contribution in [3.05, 3.63) is 303 Å². The van der Waals surface area contributed by atoms with Crippen LogP contribution in [0.5, 0.6) is 0 Å². The van der Waals surface area contributed by atoms with E-state index in [9.17, 15) is 6.57 Å². The average molecular weight is 1250 g/mol. The number of aromatic nitrogens is 5. The van der Waals surface area contributed by atoms with Crippen molar-refractivity contribution in [2.24, 2.45) is 0 Å². The van der Waals surface area contributed by atoms with Gasteiger partial charge in [-0.15, -0.1) is 0 Å². The van der Waals surface area contributed by atoms with Crippen molar-refractivity contribution in [3.63, 3.8) is 0 Å². The summed E-state index contributed by atoms with van der Waals surface area (Å²) in [5.74, 6) is 1.19. The van der Waals surface area contributed by atoms with Crippen molar-refractivity contribution in [3.8, 4) is 78.9 Å². The molecule has 14 aromatic carbocycles. The summed E-state index contributed by atoms with van der Waals surface area (Å²) >= 11 is 0. The molecule has 0 saturated carbocycles. The predicted molar refractivity (Wildman–Crippen MR) is 396 cm³/mol. The number of para-hydroxylation sites is 4. The van der Waals surface area contributed by atoms with Crippen LogP contribution < -0.4 is 0 Å². The van der Waals surface area contributed by atoms with Gasteiger partial charge in [-0.2, -0.15) is 0 Å². The third kappa shape index (κ3) is 7.81. The van der Waals surface area contributed by atoms with Gasteiger partial charge in [-0.3, -0.25) is 0 Å². The summed E-state index contributed by atoms with van der Waals surface area (Å²) < 4.78 is 32.1. The van der Waals surface area contributed by atoms with Gasteiger partial charge in [0.1, 0.15) is 44.7 Å². The molecule has 0 bridgehead atoms. The summed E-state index contributed by atoms with van der Waals surface area (Å²) in [5.41, 5.74) is 19.2. The predicted octanol–water partition coefficient (Wildman–Crippen LogP) is 24.2. The number of hydrogen-bond acceptors (Lipinski definition) is 7. The van der Waals surface area contributed by atoms with Crippen LogP contribution in [0.15, 0.2) is 309 Å². The Labute approximate surface area is 557 Å². The highest BCUT2D eigenvalue weighted by Gasteiger charge is 2.33. The van der Waals surface area contributed by atoms with Gasteiger partial charge in [0.15, 0.2) is 17.5 Å². The molecule has 0 aliphatic carbocycles. The molecule has 10 heteroatoms. The maximum Gasteiger partial charge on any atom is 0.213 e. The molecule has 21 rings (SSSR count). The van der Waals surface area contributed by atoms with Gasteiger partial charge >= 0.3 is 0 Å². The van der Waals surface area contributed by atoms with Crippen molar-refractivity contribution in [1.82, 2.24) is 24.1 Å². The number of hydrogen-bond donors (Lipinski definition) is 0. The summed E-state index contributed by atoms with van der Waals surface area (Å²) in [6, 6.07) is 100. The molecule has 0 aliphatic heterocycles. The van der Waals surface area contributed by atoms with Crippen molar-refractivity contribution in [2.45, 2.75) is 0 Å². The summed E-state index contributed by atoms with van der Waals surface area (Å²) in [7, 11) is 0. The van der Waals surface area contributed by atoms with Gasteiger partial charge in [-0.25, -0.2) is 19.8 Å². The highest BCUT2D eigenvalue weighted by molar-refractivity contribution is 6.27. The molecule has 0 unspecified atom stereocenters. The molecule has 21 aromatic rings. The van der Waals surface area contributed by atoms with E-state index >= 15 is 0 Å². The van der Waals surface area contributed by atoms with Gasteiger partial charge in [-0.1, -0.05) is 200 Å². The van der Waals surface area contributed by atoms with E-state index in [0.717, 1.165) is 165 Å². The standard InChI is InChI=1S/C88H48N6O4/c1-89-66-49-65(88-91-86(61-31-19-37-75-78(61)59-29-13-17-35-73(59)95-75)90-87(92-88)62-32-20-38-76-79(62)60-30-14-18-36-74(60)96-76)77(52-25-9-4-10-26-52)83(94-68-44-40-54(51-23-7-3-8-24-51)48-64(68)81-70(94)46-42-58-56-28-12-16-34-72(56)98-85(58)81)82(66)93-67-43-39-53(50-21-5-2-6-22-50)47-63(67)80-69(93)45-41-57-55-27-11-15-33-71(55)97-84(57)80/h2-49H. The highest BCUT2D eigenvalue weighted by Crippen LogP contribution is 2.53. The lowest BCUT2D eigenvalue weighted by Gasteiger charge is -2.25. The molecule has 10 nitrogen and oxygen atoms in total. The Morgan fingerprint density at radius 3 is 1.12 bits per heavy atom. The Morgan fingerprint density at radius 2 is 0.653 bits per heavy atom. The van der Waals surface area contributed by atoms with Crippen LogP contribution in [-0.2, 0) is 0 Å². The van der Waals surface area contributed by atoms with E-state index in [0.29, 0.717) is 51.3 Å². The SMILES string of the molecule is [C-]#[N+]c1cc(-c2nc(-c3cccc4oc5ccccc5c34)nc(-c3cccc4oc5ccccc5c34)n2)c(-c2ccccc2)c(-n2c3ccc(-c4ccccc4)cc3c3c4oc5ccccc5c4ccc32)c1-n1c2ccc(-c3ccccc3)cc2c2c3oc4ccccc4c3ccc21. The first-order valence-electron chi connectivity index (χ1n) is 32.7. The van der Waals surface area contributed by atoms with Gasteiger partial charge in [0, 0.05) is 76.1 Å². The summed E-state index contributed by atoms with van der Waals surface area (Å²) in [6.45, 7) is 9.88. The molecule has 7 aromatic heterocycles. The van der Waals surface area contributed by atoms with E-state index in [2.05, 4.69) is 197 Å². The van der Waals surface area contributed by atoms with E-state index in [-0.39, 0.29) is 0 Å². The van der Waals surface area contributed by atoms with E-state index in [1.54, 1.807) is 0 Å². The van der Waals surface area contributed by atoms with Crippen LogP contribution in [0.4, 0.5) is 5.69 Å². The number of benzene rings is 14. The maximum atomic E-state index is 9.88. The zero-order valence-electron chi connectivity index (χ0n) is 52.0. The zero-order valence-corrected chi connectivity index (χ0v) is 52.0. The van der Waals surface area contributed by atoms with E-state index < -0.39 is 0 Å². The number of fused-ring (bicyclic) bond motifs is 20. The highest BCUT2D eigenvalue weighted by atomic mass is 16.3. The zero-order chi connectivity index (χ0) is 64.3. The minimum Gasteiger partial charge on any atom is -0.456 e. The number of nitrogens with zero attached hydrogens (tertiary/aromatic N) is 6. The number of furan rings is 4. The molecule has 98 heavy (non-hydrogen) atoms. The maximum absolute atomic E-state index is 9.88. The second kappa shape index (κ2) is 20.7. The normalized spacial score (nSPS) is 12.1. The minimum absolute atomic E-state index is 0.348. The van der Waals surface area contributed by atoms with Gasteiger partial charge in [0.2, 0.25) is 5.69 Å². The van der Waals surface area contributed by atoms with Crippen molar-refractivity contribution >= 4 is 137 Å². The first-order chi connectivity index (χ1) is 48.6. The molecule has 0 radical (unpaired) electrons. The molecule has 0 atom stereocenters. The lowest BCUT2D eigenvalue weighted by atomic mass is 9.93. The molecule has 0 aliphatic rings. The molecule has 454 valence electrons. The molecule has 7 heterocycles. The first-order valence-corrected chi connectivity index (χ1v) is 32.7. The molecule has 0 N–H and O–H groups in total. The number of rotatable bonds is 8. The lowest BCUT2D eigenvalue weighted by Crippen LogP contribution is -2.09. The molecule has 0 spiro atoms. The smallest absolute Gasteiger partial charge is 0.213 e. The Bertz CT molecular complexity index is 6870. The quantitative estimate of drug-likeness (QED) is 0.140. The van der Waals surface area contributed by atoms with E-state index in [4.69, 9.17) is 37.5 Å². The molecular formula is C88H48N6O4. The van der Waals surface area contributed by atoms with Crippen LogP contribution >= 0.6 is 0 Å². The minimum atomic E-state index is 0.348. The monoisotopic (exact) mass is 1250 g/mol. The summed E-state index contributed by atoms with van der Waals surface area (Å²) in [5, 5.41) is 11.4. The Morgan fingerprint density at radius 1 is 0.265 bits per heavy atom. The fraction of sp³-hybridized carbons (Fsp3) is 0. The average Bonchev–Trinajstić information content (AvgIpc) is 1.53. The molecule has 0 amide bonds. The fourth-order valence-electron chi connectivity index (χ4n) is 15.6. The van der Waals surface area contributed by atoms with Gasteiger partial charge in [-0.05, 0) is 119 Å². The Balaban J connectivity index is 0.969. The van der Waals surface area contributed by atoms with Crippen LogP contribution in [0.25, 0.3) is 215 Å². The second-order valence-corrected chi connectivity index (χ2v) is 25.1. The third-order valence-corrected chi connectivity index (χ3v) is 19.8. The first kappa shape index (κ1) is 53.8. The van der Waals surface area contributed by atoms with Crippen LogP contribution in [0.2, 0.25) is 0 Å². The molecule has 0 fully saturated rings. The Kier molecular flexibility index (Phi) is 11.4. The molecule has 0 saturated heterocycles. The Hall–Kier alpha value is -13.6. The lowest BCUT2D eigenvalue weighted by molar-refractivity contribution is 0.668. The van der Waals surface area contributed by atoms with E-state index in [1.807, 2.05) is 103 Å². The van der Waals surface area contributed by atoms with E-state index in [1.165, 1.54) is 0 Å². The van der Waals surface area contributed by atoms with Crippen LogP contribution in [0.3, 0.4) is 0 Å². The largest absolute Gasteiger partial charge is 0.456 e. The second-order valence-electron chi connectivity index (χ2n) is 25.1. The third-order valence-electron chi connectivity index (χ3n) is 19.8. The van der Waals surface area contributed by atoms with Crippen molar-refractivity contribution in [1.29, 1.82) is 0 Å². The van der Waals surface area contributed by atoms with Gasteiger partial charge in [0.25, 0.3) is 0 Å². The van der Waals surface area contributed by atoms with Gasteiger partial charge < -0.3 is 26.8 Å². The van der Waals surface area contributed by atoms with Crippen molar-refractivity contribution in [2.75, 3.05) is 0 Å². The summed E-state index contributed by atoms with van der Waals surface area (Å²) in [6.07, 6.45) is 0. The van der Waals surface area contributed by atoms with Crippen LogP contribution in [0, 0.1) is 6.57 Å². The fourth-order valence-corrected chi connectivity index (χ4v) is 15.6. The van der Waals surface area contributed by atoms with Gasteiger partial charge in [0.05, 0.1) is 50.8 Å². The topological polar surface area (TPSA) is 105 Å².